The summed E-state index contributed by atoms with van der Waals surface area (Å²) in [5.41, 5.74) is 0.682. The lowest BCUT2D eigenvalue weighted by Gasteiger charge is -2.42. The second kappa shape index (κ2) is 5.14. The molecule has 2 aromatic rings. The minimum absolute atomic E-state index is 0.399. The third-order valence-corrected chi connectivity index (χ3v) is 4.47. The van der Waals surface area contributed by atoms with E-state index in [2.05, 4.69) is 24.3 Å². The van der Waals surface area contributed by atoms with Gasteiger partial charge in [0.25, 0.3) is 0 Å². The summed E-state index contributed by atoms with van der Waals surface area (Å²) in [6.07, 6.45) is 3.42. The second-order valence-corrected chi connectivity index (χ2v) is 5.98. The first-order chi connectivity index (χ1) is 10.0. The Morgan fingerprint density at radius 2 is 1.33 bits per heavy atom. The number of allylic oxidation sites excluding steroid dienone is 1. The molecule has 21 heavy (non-hydrogen) atoms. The fourth-order valence-corrected chi connectivity index (χ4v) is 3.07. The lowest BCUT2D eigenvalue weighted by molar-refractivity contribution is -0.0426. The average molecular weight is 280 g/mol. The predicted molar refractivity (Wildman–Crippen MR) is 84.1 cm³/mol. The third-order valence-electron chi connectivity index (χ3n) is 4.47. The standard InChI is InChI=1S/C19H20O2/c1-18(21)12-13-19(14-17(18)20,15-8-4-2-5-9-15)16-10-6-3-7-11-16/h2-13,17,20-21H,14H2,1H3. The first kappa shape index (κ1) is 14.1. The maximum Gasteiger partial charge on any atom is 0.106 e. The summed E-state index contributed by atoms with van der Waals surface area (Å²) < 4.78 is 0. The quantitative estimate of drug-likeness (QED) is 0.830. The van der Waals surface area contributed by atoms with Crippen molar-refractivity contribution >= 4 is 0 Å². The molecule has 108 valence electrons. The molecule has 3 rings (SSSR count). The van der Waals surface area contributed by atoms with E-state index in [1.165, 1.54) is 0 Å². The van der Waals surface area contributed by atoms with E-state index in [0.717, 1.165) is 11.1 Å². The van der Waals surface area contributed by atoms with Gasteiger partial charge in [0.05, 0.1) is 6.10 Å². The first-order valence-electron chi connectivity index (χ1n) is 7.26. The lowest BCUT2D eigenvalue weighted by atomic mass is 9.65. The fourth-order valence-electron chi connectivity index (χ4n) is 3.07. The van der Waals surface area contributed by atoms with E-state index in [0.29, 0.717) is 6.42 Å². The zero-order valence-electron chi connectivity index (χ0n) is 12.1. The Kier molecular flexibility index (Phi) is 3.44. The molecule has 0 spiro atoms. The van der Waals surface area contributed by atoms with Gasteiger partial charge in [-0.1, -0.05) is 72.8 Å². The van der Waals surface area contributed by atoms with Crippen LogP contribution in [-0.4, -0.2) is 21.9 Å². The van der Waals surface area contributed by atoms with Gasteiger partial charge in [0.2, 0.25) is 0 Å². The maximum atomic E-state index is 10.4. The van der Waals surface area contributed by atoms with Crippen LogP contribution in [0.4, 0.5) is 0 Å². The Hall–Kier alpha value is -1.90. The van der Waals surface area contributed by atoms with Crippen molar-refractivity contribution in [1.29, 1.82) is 0 Å². The van der Waals surface area contributed by atoms with Gasteiger partial charge in [-0.05, 0) is 24.5 Å². The molecule has 2 heteroatoms. The molecule has 0 radical (unpaired) electrons. The van der Waals surface area contributed by atoms with Crippen molar-refractivity contribution in [3.05, 3.63) is 83.9 Å². The summed E-state index contributed by atoms with van der Waals surface area (Å²) in [6.45, 7) is 1.65. The van der Waals surface area contributed by atoms with Crippen LogP contribution in [0.3, 0.4) is 0 Å². The molecule has 0 aromatic heterocycles. The summed E-state index contributed by atoms with van der Waals surface area (Å²) in [6, 6.07) is 20.3. The first-order valence-corrected chi connectivity index (χ1v) is 7.26. The van der Waals surface area contributed by atoms with Crippen LogP contribution in [0.25, 0.3) is 0 Å². The highest BCUT2D eigenvalue weighted by molar-refractivity contribution is 5.46. The molecule has 0 heterocycles. The smallest absolute Gasteiger partial charge is 0.106 e. The zero-order valence-corrected chi connectivity index (χ0v) is 12.1. The molecule has 0 bridgehead atoms. The molecule has 2 unspecified atom stereocenters. The van der Waals surface area contributed by atoms with E-state index >= 15 is 0 Å². The van der Waals surface area contributed by atoms with Crippen LogP contribution in [0.15, 0.2) is 72.8 Å². The van der Waals surface area contributed by atoms with E-state index in [9.17, 15) is 10.2 Å². The normalized spacial score (nSPS) is 27.5. The molecule has 2 nitrogen and oxygen atoms in total. The van der Waals surface area contributed by atoms with Crippen LogP contribution in [0.1, 0.15) is 24.5 Å². The molecule has 2 aromatic carbocycles. The zero-order chi connectivity index (χ0) is 14.9. The molecule has 1 aliphatic rings. The van der Waals surface area contributed by atoms with E-state index < -0.39 is 17.1 Å². The van der Waals surface area contributed by atoms with Crippen LogP contribution in [-0.2, 0) is 5.41 Å². The van der Waals surface area contributed by atoms with Crippen LogP contribution in [0.2, 0.25) is 0 Å². The van der Waals surface area contributed by atoms with Crippen molar-refractivity contribution in [1.82, 2.24) is 0 Å². The minimum atomic E-state index is -1.17. The number of hydrogen-bond acceptors (Lipinski definition) is 2. The van der Waals surface area contributed by atoms with E-state index in [1.807, 2.05) is 42.5 Å². The van der Waals surface area contributed by atoms with Crippen molar-refractivity contribution in [2.45, 2.75) is 30.5 Å². The number of rotatable bonds is 2. The molecule has 0 fully saturated rings. The predicted octanol–water partition coefficient (Wildman–Crippen LogP) is 3.04. The number of aliphatic hydroxyl groups excluding tert-OH is 1. The van der Waals surface area contributed by atoms with Gasteiger partial charge in [-0.25, -0.2) is 0 Å². The van der Waals surface area contributed by atoms with Gasteiger partial charge in [0.15, 0.2) is 0 Å². The lowest BCUT2D eigenvalue weighted by Crippen LogP contribution is -2.46. The van der Waals surface area contributed by atoms with E-state index in [-0.39, 0.29) is 0 Å². The van der Waals surface area contributed by atoms with Gasteiger partial charge >= 0.3 is 0 Å². The highest BCUT2D eigenvalue weighted by atomic mass is 16.3. The van der Waals surface area contributed by atoms with Gasteiger partial charge in [-0.15, -0.1) is 0 Å². The van der Waals surface area contributed by atoms with Crippen LogP contribution >= 0.6 is 0 Å². The summed E-state index contributed by atoms with van der Waals surface area (Å²) in [5.74, 6) is 0. The van der Waals surface area contributed by atoms with Gasteiger partial charge < -0.3 is 10.2 Å². The number of hydrogen-bond donors (Lipinski definition) is 2. The summed E-state index contributed by atoms with van der Waals surface area (Å²) in [7, 11) is 0. The Bertz CT molecular complexity index is 590. The Balaban J connectivity index is 2.19. The monoisotopic (exact) mass is 280 g/mol. The minimum Gasteiger partial charge on any atom is -0.390 e. The Morgan fingerprint density at radius 1 is 0.857 bits per heavy atom. The van der Waals surface area contributed by atoms with Crippen LogP contribution < -0.4 is 0 Å². The molecular weight excluding hydrogens is 260 g/mol. The van der Waals surface area contributed by atoms with Crippen molar-refractivity contribution < 1.29 is 10.2 Å². The third kappa shape index (κ3) is 2.41. The molecule has 1 aliphatic carbocycles. The highest BCUT2D eigenvalue weighted by Gasteiger charge is 2.43. The van der Waals surface area contributed by atoms with Gasteiger partial charge in [-0.2, -0.15) is 0 Å². The largest absolute Gasteiger partial charge is 0.390 e. The number of benzene rings is 2. The molecule has 0 saturated carbocycles. The molecule has 2 atom stereocenters. The van der Waals surface area contributed by atoms with Gasteiger partial charge in [-0.3, -0.25) is 0 Å². The van der Waals surface area contributed by atoms with Crippen LogP contribution in [0, 0.1) is 0 Å². The summed E-state index contributed by atoms with van der Waals surface area (Å²) in [5, 5.41) is 20.6. The van der Waals surface area contributed by atoms with Crippen LogP contribution in [0.5, 0.6) is 0 Å². The maximum absolute atomic E-state index is 10.4. The van der Waals surface area contributed by atoms with Crippen molar-refractivity contribution in [2.24, 2.45) is 0 Å². The van der Waals surface area contributed by atoms with Gasteiger partial charge in [0.1, 0.15) is 5.60 Å². The molecule has 0 saturated heterocycles. The van der Waals surface area contributed by atoms with Crippen molar-refractivity contribution in [3.63, 3.8) is 0 Å². The highest BCUT2D eigenvalue weighted by Crippen LogP contribution is 2.43. The molecule has 0 aliphatic heterocycles. The van der Waals surface area contributed by atoms with Gasteiger partial charge in [0, 0.05) is 5.41 Å². The average Bonchev–Trinajstić information content (AvgIpc) is 2.52. The summed E-state index contributed by atoms with van der Waals surface area (Å²) >= 11 is 0. The van der Waals surface area contributed by atoms with E-state index in [1.54, 1.807) is 13.0 Å². The second-order valence-electron chi connectivity index (χ2n) is 5.98. The Labute approximate surface area is 125 Å². The molecule has 2 N–H and O–H groups in total. The SMILES string of the molecule is CC1(O)C=CC(c2ccccc2)(c2ccccc2)CC1O. The Morgan fingerprint density at radius 3 is 1.76 bits per heavy atom. The summed E-state index contributed by atoms with van der Waals surface area (Å²) in [4.78, 5) is 0. The number of aliphatic hydroxyl groups is 2. The molecular formula is C19H20O2. The topological polar surface area (TPSA) is 40.5 Å². The van der Waals surface area contributed by atoms with E-state index in [4.69, 9.17) is 0 Å². The van der Waals surface area contributed by atoms with Crippen molar-refractivity contribution in [3.8, 4) is 0 Å². The van der Waals surface area contributed by atoms with Crippen molar-refractivity contribution in [2.75, 3.05) is 0 Å². The fraction of sp³-hybridized carbons (Fsp3) is 0.263. The molecule has 0 amide bonds.